The molecule has 1 aliphatic rings. The third-order valence-corrected chi connectivity index (χ3v) is 3.66. The third kappa shape index (κ3) is 7.75. The summed E-state index contributed by atoms with van der Waals surface area (Å²) < 4.78 is 10.5. The molecule has 1 fully saturated rings. The van der Waals surface area contributed by atoms with Gasteiger partial charge in [-0.1, -0.05) is 19.0 Å². The maximum atomic E-state index is 5.85. The highest BCUT2D eigenvalue weighted by molar-refractivity contribution is 14.0. The van der Waals surface area contributed by atoms with Crippen LogP contribution in [0.25, 0.3) is 0 Å². The zero-order valence-corrected chi connectivity index (χ0v) is 16.9. The summed E-state index contributed by atoms with van der Waals surface area (Å²) in [6.45, 7) is 10.2. The Labute approximate surface area is 160 Å². The van der Waals surface area contributed by atoms with Gasteiger partial charge in [0, 0.05) is 45.1 Å². The van der Waals surface area contributed by atoms with Crippen LogP contribution < -0.4 is 11.1 Å². The number of halogens is 1. The first-order valence-corrected chi connectivity index (χ1v) is 8.31. The lowest BCUT2D eigenvalue weighted by Gasteiger charge is -2.26. The molecule has 0 radical (unpaired) electrons. The Bertz CT molecular complexity index is 488. The van der Waals surface area contributed by atoms with Crippen molar-refractivity contribution in [3.05, 3.63) is 11.7 Å². The van der Waals surface area contributed by atoms with E-state index in [1.165, 1.54) is 0 Å². The first kappa shape index (κ1) is 21.1. The quantitative estimate of drug-likeness (QED) is 0.263. The van der Waals surface area contributed by atoms with Crippen molar-refractivity contribution in [3.8, 4) is 0 Å². The van der Waals surface area contributed by atoms with Crippen molar-refractivity contribution >= 4 is 29.9 Å². The number of hydrogen-bond acceptors (Lipinski definition) is 6. The highest BCUT2D eigenvalue weighted by Crippen LogP contribution is 2.09. The Balaban J connectivity index is 0.00000288. The molecule has 1 aromatic rings. The Morgan fingerprint density at radius 1 is 1.38 bits per heavy atom. The molecule has 0 bridgehead atoms. The third-order valence-electron chi connectivity index (χ3n) is 3.66. The maximum Gasteiger partial charge on any atom is 0.228 e. The fourth-order valence-corrected chi connectivity index (χ4v) is 2.28. The number of nitrogens with one attached hydrogen (secondary N) is 1. The van der Waals surface area contributed by atoms with E-state index >= 15 is 0 Å². The van der Waals surface area contributed by atoms with E-state index < -0.39 is 0 Å². The Morgan fingerprint density at radius 3 is 2.79 bits per heavy atom. The van der Waals surface area contributed by atoms with Gasteiger partial charge in [0.25, 0.3) is 0 Å². The van der Waals surface area contributed by atoms with Crippen molar-refractivity contribution in [2.75, 3.05) is 45.9 Å². The van der Waals surface area contributed by atoms with Crippen molar-refractivity contribution in [1.29, 1.82) is 0 Å². The summed E-state index contributed by atoms with van der Waals surface area (Å²) in [5.41, 5.74) is 5.85. The highest BCUT2D eigenvalue weighted by atomic mass is 127. The maximum absolute atomic E-state index is 5.85. The summed E-state index contributed by atoms with van der Waals surface area (Å²) in [5.74, 6) is 2.11. The average molecular weight is 452 g/mol. The van der Waals surface area contributed by atoms with Gasteiger partial charge in [-0.2, -0.15) is 4.98 Å². The first-order valence-electron chi connectivity index (χ1n) is 8.31. The molecule has 3 N–H and O–H groups in total. The minimum atomic E-state index is 0. The zero-order chi connectivity index (χ0) is 16.5. The molecule has 1 saturated heterocycles. The minimum Gasteiger partial charge on any atom is -0.379 e. The molecule has 0 spiro atoms. The number of morpholine rings is 1. The van der Waals surface area contributed by atoms with Gasteiger partial charge in [-0.3, -0.25) is 9.89 Å². The molecular weight excluding hydrogens is 423 g/mol. The van der Waals surface area contributed by atoms with Crippen molar-refractivity contribution in [2.24, 2.45) is 10.7 Å². The molecule has 0 aliphatic carbocycles. The molecule has 0 unspecified atom stereocenters. The van der Waals surface area contributed by atoms with Crippen molar-refractivity contribution in [2.45, 2.75) is 32.6 Å². The van der Waals surface area contributed by atoms with Crippen LogP contribution in [0.4, 0.5) is 0 Å². The van der Waals surface area contributed by atoms with E-state index in [9.17, 15) is 0 Å². The molecule has 2 rings (SSSR count). The van der Waals surface area contributed by atoms with Crippen LogP contribution in [0.1, 0.15) is 37.9 Å². The molecule has 138 valence electrons. The number of hydrogen-bond donors (Lipinski definition) is 2. The van der Waals surface area contributed by atoms with E-state index in [0.717, 1.165) is 51.6 Å². The fraction of sp³-hybridized carbons (Fsp3) is 0.800. The van der Waals surface area contributed by atoms with Crippen LogP contribution >= 0.6 is 24.0 Å². The van der Waals surface area contributed by atoms with Gasteiger partial charge in [-0.25, -0.2) is 0 Å². The number of ether oxygens (including phenoxy) is 1. The van der Waals surface area contributed by atoms with E-state index in [1.807, 2.05) is 13.8 Å². The smallest absolute Gasteiger partial charge is 0.228 e. The molecule has 0 aromatic carbocycles. The average Bonchev–Trinajstić information content (AvgIpc) is 3.02. The summed E-state index contributed by atoms with van der Waals surface area (Å²) in [6.07, 6.45) is 1.65. The lowest BCUT2D eigenvalue weighted by atomic mass is 10.2. The van der Waals surface area contributed by atoms with Gasteiger partial charge >= 0.3 is 0 Å². The van der Waals surface area contributed by atoms with Gasteiger partial charge in [0.2, 0.25) is 5.89 Å². The Morgan fingerprint density at radius 2 is 2.12 bits per heavy atom. The van der Waals surface area contributed by atoms with Crippen LogP contribution in [0, 0.1) is 0 Å². The number of aliphatic imine (C=N–C) groups is 1. The van der Waals surface area contributed by atoms with Gasteiger partial charge in [0.15, 0.2) is 11.8 Å². The zero-order valence-electron chi connectivity index (χ0n) is 14.5. The van der Waals surface area contributed by atoms with Crippen LogP contribution in [-0.2, 0) is 11.2 Å². The summed E-state index contributed by atoms with van der Waals surface area (Å²) in [7, 11) is 0. The van der Waals surface area contributed by atoms with Gasteiger partial charge in [0.05, 0.1) is 13.2 Å². The summed E-state index contributed by atoms with van der Waals surface area (Å²) in [5, 5.41) is 7.00. The van der Waals surface area contributed by atoms with E-state index in [2.05, 4.69) is 25.3 Å². The van der Waals surface area contributed by atoms with Gasteiger partial charge < -0.3 is 20.3 Å². The van der Waals surface area contributed by atoms with Crippen LogP contribution in [0.5, 0.6) is 0 Å². The standard InChI is InChI=1S/C15H28N6O2.HI/c1-12(2)14-19-13(23-20-14)4-6-18-15(16)17-5-3-7-21-8-10-22-11-9-21;/h12H,3-11H2,1-2H3,(H3,16,17,18);1H. The van der Waals surface area contributed by atoms with Gasteiger partial charge in [-0.15, -0.1) is 24.0 Å². The second kappa shape index (κ2) is 11.6. The Hall–Kier alpha value is -0.940. The topological polar surface area (TPSA) is 102 Å². The molecule has 0 saturated carbocycles. The SMILES string of the molecule is CC(C)c1noc(CCNC(N)=NCCCN2CCOCC2)n1.I. The molecule has 0 amide bonds. The summed E-state index contributed by atoms with van der Waals surface area (Å²) in [6, 6.07) is 0. The molecule has 0 atom stereocenters. The van der Waals surface area contributed by atoms with Crippen LogP contribution in [-0.4, -0.2) is 66.9 Å². The summed E-state index contributed by atoms with van der Waals surface area (Å²) in [4.78, 5) is 11.0. The molecule has 1 aromatic heterocycles. The molecule has 2 heterocycles. The van der Waals surface area contributed by atoms with Gasteiger partial charge in [-0.05, 0) is 6.42 Å². The number of aromatic nitrogens is 2. The van der Waals surface area contributed by atoms with Crippen LogP contribution in [0.15, 0.2) is 9.52 Å². The predicted molar refractivity (Wildman–Crippen MR) is 104 cm³/mol. The largest absolute Gasteiger partial charge is 0.379 e. The van der Waals surface area contributed by atoms with E-state index in [4.69, 9.17) is 15.0 Å². The molecule has 1 aliphatic heterocycles. The van der Waals surface area contributed by atoms with Crippen molar-refractivity contribution in [3.63, 3.8) is 0 Å². The number of nitrogens with two attached hydrogens (primary N) is 1. The molecular formula is C15H29IN6O2. The Kier molecular flexibility index (Phi) is 10.2. The lowest BCUT2D eigenvalue weighted by Crippen LogP contribution is -2.37. The lowest BCUT2D eigenvalue weighted by molar-refractivity contribution is 0.0377. The number of rotatable bonds is 8. The normalized spacial score (nSPS) is 16.2. The molecule has 8 nitrogen and oxygen atoms in total. The second-order valence-electron chi connectivity index (χ2n) is 5.95. The molecule has 24 heavy (non-hydrogen) atoms. The monoisotopic (exact) mass is 452 g/mol. The van der Waals surface area contributed by atoms with E-state index in [0.29, 0.717) is 24.8 Å². The van der Waals surface area contributed by atoms with E-state index in [-0.39, 0.29) is 29.9 Å². The fourth-order valence-electron chi connectivity index (χ4n) is 2.28. The molecule has 9 heteroatoms. The van der Waals surface area contributed by atoms with Gasteiger partial charge in [0.1, 0.15) is 0 Å². The van der Waals surface area contributed by atoms with Crippen LogP contribution in [0.2, 0.25) is 0 Å². The number of nitrogens with zero attached hydrogens (tertiary/aromatic N) is 4. The van der Waals surface area contributed by atoms with Crippen molar-refractivity contribution < 1.29 is 9.26 Å². The van der Waals surface area contributed by atoms with E-state index in [1.54, 1.807) is 0 Å². The minimum absolute atomic E-state index is 0. The number of guanidine groups is 1. The predicted octanol–water partition coefficient (Wildman–Crippen LogP) is 0.980. The summed E-state index contributed by atoms with van der Waals surface area (Å²) >= 11 is 0. The second-order valence-corrected chi connectivity index (χ2v) is 5.95. The highest BCUT2D eigenvalue weighted by Gasteiger charge is 2.10. The first-order chi connectivity index (χ1) is 11.1. The van der Waals surface area contributed by atoms with Crippen LogP contribution in [0.3, 0.4) is 0 Å². The van der Waals surface area contributed by atoms with Crippen molar-refractivity contribution in [1.82, 2.24) is 20.4 Å².